The van der Waals surface area contributed by atoms with Crippen LogP contribution < -0.4 is 5.32 Å². The molecule has 3 aromatic rings. The lowest BCUT2D eigenvalue weighted by molar-refractivity contribution is 0.0601. The summed E-state index contributed by atoms with van der Waals surface area (Å²) in [5.41, 5.74) is 1.43. The van der Waals surface area contributed by atoms with Gasteiger partial charge in [0.25, 0.3) is 0 Å². The predicted molar refractivity (Wildman–Crippen MR) is 94.9 cm³/mol. The Morgan fingerprint density at radius 3 is 2.77 bits per heavy atom. The van der Waals surface area contributed by atoms with Gasteiger partial charge in [-0.05, 0) is 31.0 Å². The number of nitrogens with zero attached hydrogens (tertiary/aromatic N) is 2. The van der Waals surface area contributed by atoms with Crippen molar-refractivity contribution in [3.63, 3.8) is 0 Å². The van der Waals surface area contributed by atoms with Gasteiger partial charge >= 0.3 is 5.97 Å². The summed E-state index contributed by atoms with van der Waals surface area (Å²) in [5, 5.41) is 2.68. The van der Waals surface area contributed by atoms with Crippen molar-refractivity contribution in [2.45, 2.75) is 26.7 Å². The maximum absolute atomic E-state index is 15.1. The number of methoxy groups -OCH3 is 1. The van der Waals surface area contributed by atoms with Crippen LogP contribution in [0.15, 0.2) is 30.6 Å². The predicted octanol–water partition coefficient (Wildman–Crippen LogP) is 4.40. The molecule has 0 fully saturated rings. The molecule has 7 heteroatoms. The van der Waals surface area contributed by atoms with Crippen LogP contribution in [0.1, 0.15) is 35.0 Å². The summed E-state index contributed by atoms with van der Waals surface area (Å²) in [6.07, 6.45) is 4.56. The third-order valence-electron chi connectivity index (χ3n) is 4.11. The Kier molecular flexibility index (Phi) is 4.88. The van der Waals surface area contributed by atoms with E-state index in [4.69, 9.17) is 4.74 Å². The van der Waals surface area contributed by atoms with Crippen LogP contribution in [0.2, 0.25) is 0 Å². The number of hydrogen-bond acceptors (Lipinski definition) is 4. The maximum Gasteiger partial charge on any atom is 0.341 e. The van der Waals surface area contributed by atoms with Gasteiger partial charge in [-0.3, -0.25) is 0 Å². The van der Waals surface area contributed by atoms with Gasteiger partial charge in [-0.25, -0.2) is 18.6 Å². The number of ether oxygens (including phenoxy) is 1. The Hall–Kier alpha value is -2.96. The van der Waals surface area contributed by atoms with Gasteiger partial charge in [0.2, 0.25) is 0 Å². The quantitative estimate of drug-likeness (QED) is 0.686. The van der Waals surface area contributed by atoms with Crippen LogP contribution in [0, 0.1) is 18.6 Å². The van der Waals surface area contributed by atoms with Crippen LogP contribution >= 0.6 is 0 Å². The zero-order chi connectivity index (χ0) is 18.8. The fraction of sp³-hybridized carbons (Fsp3) is 0.263. The first kappa shape index (κ1) is 17.8. The number of halogens is 2. The number of aromatic nitrogens is 2. The number of pyridine rings is 1. The van der Waals surface area contributed by atoms with Crippen molar-refractivity contribution in [2.24, 2.45) is 0 Å². The first-order valence-corrected chi connectivity index (χ1v) is 8.26. The standard InChI is InChI=1S/C19H19F2N3O2/c1-4-5-12-9-22-18-16(21)17(13(10-24(12)18)19(25)26-3)23-15-7-6-11(2)8-14(15)20/h6-10,23H,4-5H2,1-3H3. The Morgan fingerprint density at radius 1 is 1.35 bits per heavy atom. The molecule has 0 saturated heterocycles. The van der Waals surface area contributed by atoms with Crippen molar-refractivity contribution < 1.29 is 18.3 Å². The highest BCUT2D eigenvalue weighted by atomic mass is 19.1. The van der Waals surface area contributed by atoms with Crippen LogP contribution in [0.5, 0.6) is 0 Å². The number of esters is 1. The van der Waals surface area contributed by atoms with Crippen LogP contribution in [0.3, 0.4) is 0 Å². The van der Waals surface area contributed by atoms with Crippen molar-refractivity contribution in [1.82, 2.24) is 9.38 Å². The molecule has 136 valence electrons. The fourth-order valence-corrected chi connectivity index (χ4v) is 2.81. The molecule has 0 aliphatic heterocycles. The average molecular weight is 359 g/mol. The molecule has 3 rings (SSSR count). The second-order valence-corrected chi connectivity index (χ2v) is 6.02. The molecule has 0 spiro atoms. The molecule has 1 aromatic carbocycles. The van der Waals surface area contributed by atoms with Gasteiger partial charge in [-0.1, -0.05) is 19.4 Å². The molecule has 0 radical (unpaired) electrons. The molecule has 0 amide bonds. The molecular formula is C19H19F2N3O2. The van der Waals surface area contributed by atoms with Gasteiger partial charge in [0, 0.05) is 18.1 Å². The average Bonchev–Trinajstić information content (AvgIpc) is 3.02. The second-order valence-electron chi connectivity index (χ2n) is 6.02. The Morgan fingerprint density at radius 2 is 2.12 bits per heavy atom. The topological polar surface area (TPSA) is 55.6 Å². The van der Waals surface area contributed by atoms with Crippen molar-refractivity contribution >= 4 is 23.0 Å². The molecule has 0 bridgehead atoms. The number of nitrogens with one attached hydrogen (secondary N) is 1. The van der Waals surface area contributed by atoms with Crippen LogP contribution in [0.25, 0.3) is 5.65 Å². The fourth-order valence-electron chi connectivity index (χ4n) is 2.81. The number of rotatable bonds is 5. The van der Waals surface area contributed by atoms with Gasteiger partial charge in [0.05, 0.1) is 18.5 Å². The summed E-state index contributed by atoms with van der Waals surface area (Å²) < 4.78 is 35.6. The summed E-state index contributed by atoms with van der Waals surface area (Å²) in [5.74, 6) is -2.01. The third kappa shape index (κ3) is 3.12. The number of benzene rings is 1. The normalized spacial score (nSPS) is 11.0. The van der Waals surface area contributed by atoms with E-state index < -0.39 is 17.6 Å². The van der Waals surface area contributed by atoms with Crippen molar-refractivity contribution in [3.8, 4) is 0 Å². The van der Waals surface area contributed by atoms with Crippen LogP contribution in [-0.2, 0) is 11.2 Å². The van der Waals surface area contributed by atoms with Crippen molar-refractivity contribution in [3.05, 3.63) is 59.0 Å². The Bertz CT molecular complexity index is 983. The van der Waals surface area contributed by atoms with Gasteiger partial charge in [-0.2, -0.15) is 0 Å². The number of anilines is 2. The Labute approximate surface area is 149 Å². The maximum atomic E-state index is 15.1. The SMILES string of the molecule is CCCc1cnc2c(F)c(Nc3ccc(C)cc3F)c(C(=O)OC)cn12. The van der Waals surface area contributed by atoms with Gasteiger partial charge in [-0.15, -0.1) is 0 Å². The lowest BCUT2D eigenvalue weighted by Gasteiger charge is -2.14. The minimum Gasteiger partial charge on any atom is -0.465 e. The lowest BCUT2D eigenvalue weighted by atomic mass is 10.1. The van der Waals surface area contributed by atoms with E-state index in [1.54, 1.807) is 19.2 Å². The summed E-state index contributed by atoms with van der Waals surface area (Å²) in [4.78, 5) is 16.3. The minimum atomic E-state index is -0.741. The van der Waals surface area contributed by atoms with Gasteiger partial charge in [0.1, 0.15) is 11.4 Å². The molecular weight excluding hydrogens is 340 g/mol. The van der Waals surface area contributed by atoms with E-state index in [0.717, 1.165) is 17.7 Å². The van der Waals surface area contributed by atoms with E-state index in [9.17, 15) is 9.18 Å². The van der Waals surface area contributed by atoms with E-state index >= 15 is 4.39 Å². The highest BCUT2D eigenvalue weighted by Crippen LogP contribution is 2.30. The number of aryl methyl sites for hydroxylation is 2. The van der Waals surface area contributed by atoms with Gasteiger partial charge in [0.15, 0.2) is 11.5 Å². The summed E-state index contributed by atoms with van der Waals surface area (Å²) in [6.45, 7) is 3.74. The first-order chi connectivity index (χ1) is 12.5. The molecule has 2 aromatic heterocycles. The third-order valence-corrected chi connectivity index (χ3v) is 4.11. The monoisotopic (exact) mass is 359 g/mol. The number of imidazole rings is 1. The molecule has 5 nitrogen and oxygen atoms in total. The molecule has 26 heavy (non-hydrogen) atoms. The van der Waals surface area contributed by atoms with Gasteiger partial charge < -0.3 is 14.5 Å². The zero-order valence-electron chi connectivity index (χ0n) is 14.8. The number of hydrogen-bond donors (Lipinski definition) is 1. The lowest BCUT2D eigenvalue weighted by Crippen LogP contribution is -2.11. The smallest absolute Gasteiger partial charge is 0.341 e. The van der Waals surface area contributed by atoms with Crippen LogP contribution in [0.4, 0.5) is 20.2 Å². The molecule has 1 N–H and O–H groups in total. The number of carbonyl (C=O) groups is 1. The number of carbonyl (C=O) groups excluding carboxylic acids is 1. The zero-order valence-corrected chi connectivity index (χ0v) is 14.8. The van der Waals surface area contributed by atoms with E-state index in [-0.39, 0.29) is 22.6 Å². The summed E-state index contributed by atoms with van der Waals surface area (Å²) in [6, 6.07) is 4.50. The highest BCUT2D eigenvalue weighted by molar-refractivity contribution is 5.97. The highest BCUT2D eigenvalue weighted by Gasteiger charge is 2.22. The molecule has 2 heterocycles. The molecule has 0 saturated carbocycles. The molecule has 0 atom stereocenters. The minimum absolute atomic E-state index is 0.0344. The summed E-state index contributed by atoms with van der Waals surface area (Å²) in [7, 11) is 1.21. The van der Waals surface area contributed by atoms with Crippen molar-refractivity contribution in [2.75, 3.05) is 12.4 Å². The number of fused-ring (bicyclic) bond motifs is 1. The summed E-state index contributed by atoms with van der Waals surface area (Å²) >= 11 is 0. The largest absolute Gasteiger partial charge is 0.465 e. The van der Waals surface area contributed by atoms with E-state index in [2.05, 4.69) is 10.3 Å². The molecule has 0 unspecified atom stereocenters. The van der Waals surface area contributed by atoms with E-state index in [0.29, 0.717) is 6.42 Å². The molecule has 0 aliphatic carbocycles. The van der Waals surface area contributed by atoms with E-state index in [1.165, 1.54) is 29.8 Å². The van der Waals surface area contributed by atoms with Crippen LogP contribution in [-0.4, -0.2) is 22.5 Å². The van der Waals surface area contributed by atoms with E-state index in [1.807, 2.05) is 6.92 Å². The second kappa shape index (κ2) is 7.11. The first-order valence-electron chi connectivity index (χ1n) is 8.26. The van der Waals surface area contributed by atoms with Crippen molar-refractivity contribution in [1.29, 1.82) is 0 Å². The Balaban J connectivity index is 2.19. The molecule has 0 aliphatic rings.